The SMILES string of the molecule is CCc1cccc2c(CCNC(=O)C3(N)CC3)c[nH]c12. The van der Waals surface area contributed by atoms with Crippen LogP contribution in [0.3, 0.4) is 0 Å². The number of carbonyl (C=O) groups is 1. The molecule has 1 aromatic carbocycles. The summed E-state index contributed by atoms with van der Waals surface area (Å²) in [5.41, 5.74) is 9.08. The molecule has 20 heavy (non-hydrogen) atoms. The molecule has 1 amide bonds. The van der Waals surface area contributed by atoms with Gasteiger partial charge in [-0.15, -0.1) is 0 Å². The number of carbonyl (C=O) groups excluding carboxylic acids is 1. The summed E-state index contributed by atoms with van der Waals surface area (Å²) in [6, 6.07) is 6.37. The Morgan fingerprint density at radius 2 is 2.20 bits per heavy atom. The van der Waals surface area contributed by atoms with Crippen molar-refractivity contribution in [3.63, 3.8) is 0 Å². The van der Waals surface area contributed by atoms with Crippen molar-refractivity contribution < 1.29 is 4.79 Å². The zero-order chi connectivity index (χ0) is 14.2. The number of nitrogens with two attached hydrogens (primary N) is 1. The third-order valence-electron chi connectivity index (χ3n) is 4.19. The number of H-pyrrole nitrogens is 1. The number of nitrogens with one attached hydrogen (secondary N) is 2. The van der Waals surface area contributed by atoms with E-state index in [1.807, 2.05) is 6.20 Å². The fourth-order valence-electron chi connectivity index (χ4n) is 2.63. The maximum Gasteiger partial charge on any atom is 0.240 e. The smallest absolute Gasteiger partial charge is 0.240 e. The van der Waals surface area contributed by atoms with Crippen LogP contribution < -0.4 is 11.1 Å². The second-order valence-electron chi connectivity index (χ2n) is 5.67. The van der Waals surface area contributed by atoms with Gasteiger partial charge in [0.1, 0.15) is 0 Å². The van der Waals surface area contributed by atoms with Crippen molar-refractivity contribution in [1.82, 2.24) is 10.3 Å². The van der Waals surface area contributed by atoms with Gasteiger partial charge in [0.05, 0.1) is 5.54 Å². The van der Waals surface area contributed by atoms with E-state index in [0.717, 1.165) is 25.7 Å². The zero-order valence-electron chi connectivity index (χ0n) is 11.8. The largest absolute Gasteiger partial charge is 0.361 e. The van der Waals surface area contributed by atoms with Crippen molar-refractivity contribution in [1.29, 1.82) is 0 Å². The maximum absolute atomic E-state index is 11.8. The van der Waals surface area contributed by atoms with Crippen molar-refractivity contribution in [2.24, 2.45) is 5.73 Å². The lowest BCUT2D eigenvalue weighted by molar-refractivity contribution is -0.123. The molecule has 1 saturated carbocycles. The maximum atomic E-state index is 11.8. The Balaban J connectivity index is 1.67. The molecule has 3 rings (SSSR count). The second kappa shape index (κ2) is 4.94. The Hall–Kier alpha value is -1.81. The van der Waals surface area contributed by atoms with Gasteiger partial charge >= 0.3 is 0 Å². The van der Waals surface area contributed by atoms with E-state index in [-0.39, 0.29) is 5.91 Å². The summed E-state index contributed by atoms with van der Waals surface area (Å²) in [6.45, 7) is 2.80. The minimum Gasteiger partial charge on any atom is -0.361 e. The van der Waals surface area contributed by atoms with E-state index in [9.17, 15) is 4.79 Å². The monoisotopic (exact) mass is 271 g/mol. The van der Waals surface area contributed by atoms with Crippen molar-refractivity contribution in [2.75, 3.05) is 6.54 Å². The quantitative estimate of drug-likeness (QED) is 0.777. The van der Waals surface area contributed by atoms with Gasteiger partial charge in [-0.3, -0.25) is 4.79 Å². The first-order valence-electron chi connectivity index (χ1n) is 7.29. The molecule has 4 heteroatoms. The molecule has 1 aliphatic rings. The highest BCUT2D eigenvalue weighted by atomic mass is 16.2. The number of hydrogen-bond donors (Lipinski definition) is 3. The van der Waals surface area contributed by atoms with Crippen LogP contribution in [0, 0.1) is 0 Å². The molecule has 0 radical (unpaired) electrons. The fourth-order valence-corrected chi connectivity index (χ4v) is 2.63. The first-order chi connectivity index (χ1) is 9.64. The number of amides is 1. The van der Waals surface area contributed by atoms with E-state index < -0.39 is 5.54 Å². The third-order valence-corrected chi connectivity index (χ3v) is 4.19. The predicted octanol–water partition coefficient (Wildman–Crippen LogP) is 1.88. The molecule has 1 aromatic heterocycles. The Bertz CT molecular complexity index is 640. The van der Waals surface area contributed by atoms with Gasteiger partial charge in [0.25, 0.3) is 0 Å². The lowest BCUT2D eigenvalue weighted by Crippen LogP contribution is -2.43. The van der Waals surface area contributed by atoms with E-state index in [1.54, 1.807) is 0 Å². The number of rotatable bonds is 5. The van der Waals surface area contributed by atoms with Gasteiger partial charge in [-0.25, -0.2) is 0 Å². The number of aromatic amines is 1. The minimum atomic E-state index is -0.574. The standard InChI is InChI=1S/C16H21N3O/c1-2-11-4-3-5-13-12(10-19-14(11)13)6-9-18-15(20)16(17)7-8-16/h3-5,10,19H,2,6-9,17H2,1H3,(H,18,20). The molecule has 2 aromatic rings. The van der Waals surface area contributed by atoms with Crippen LogP contribution in [0.2, 0.25) is 0 Å². The molecule has 0 atom stereocenters. The van der Waals surface area contributed by atoms with Crippen LogP contribution in [-0.4, -0.2) is 23.0 Å². The van der Waals surface area contributed by atoms with E-state index in [0.29, 0.717) is 6.54 Å². The molecule has 0 unspecified atom stereocenters. The minimum absolute atomic E-state index is 0.00779. The zero-order valence-corrected chi connectivity index (χ0v) is 11.8. The van der Waals surface area contributed by atoms with Crippen molar-refractivity contribution in [3.8, 4) is 0 Å². The van der Waals surface area contributed by atoms with E-state index in [4.69, 9.17) is 5.73 Å². The third kappa shape index (κ3) is 2.31. The molecule has 0 bridgehead atoms. The van der Waals surface area contributed by atoms with Crippen LogP contribution in [-0.2, 0) is 17.6 Å². The Labute approximate surface area is 118 Å². The van der Waals surface area contributed by atoms with Gasteiger partial charge in [-0.1, -0.05) is 25.1 Å². The first-order valence-corrected chi connectivity index (χ1v) is 7.29. The molecule has 1 fully saturated rings. The van der Waals surface area contributed by atoms with Gasteiger partial charge in [-0.05, 0) is 36.8 Å². The summed E-state index contributed by atoms with van der Waals surface area (Å²) in [4.78, 5) is 15.1. The fraction of sp³-hybridized carbons (Fsp3) is 0.438. The average Bonchev–Trinajstić information content (AvgIpc) is 3.08. The predicted molar refractivity (Wildman–Crippen MR) is 80.5 cm³/mol. The molecule has 1 aliphatic carbocycles. The first kappa shape index (κ1) is 13.2. The molecule has 0 spiro atoms. The molecule has 106 valence electrons. The van der Waals surface area contributed by atoms with Crippen LogP contribution in [0.5, 0.6) is 0 Å². The second-order valence-corrected chi connectivity index (χ2v) is 5.67. The van der Waals surface area contributed by atoms with Crippen molar-refractivity contribution in [2.45, 2.75) is 38.1 Å². The Kier molecular flexibility index (Phi) is 3.26. The van der Waals surface area contributed by atoms with Gasteiger partial charge in [0, 0.05) is 23.6 Å². The highest BCUT2D eigenvalue weighted by Gasteiger charge is 2.45. The van der Waals surface area contributed by atoms with Gasteiger partial charge in [0.15, 0.2) is 0 Å². The number of aromatic nitrogens is 1. The van der Waals surface area contributed by atoms with Crippen molar-refractivity contribution in [3.05, 3.63) is 35.5 Å². The van der Waals surface area contributed by atoms with Crippen LogP contribution in [0.15, 0.2) is 24.4 Å². The number of benzene rings is 1. The van der Waals surface area contributed by atoms with E-state index >= 15 is 0 Å². The van der Waals surface area contributed by atoms with Gasteiger partial charge in [-0.2, -0.15) is 0 Å². The molecular formula is C16H21N3O. The van der Waals surface area contributed by atoms with Crippen LogP contribution in [0.4, 0.5) is 0 Å². The average molecular weight is 271 g/mol. The van der Waals surface area contributed by atoms with Crippen LogP contribution in [0.1, 0.15) is 30.9 Å². The Morgan fingerprint density at radius 1 is 1.40 bits per heavy atom. The van der Waals surface area contributed by atoms with Crippen molar-refractivity contribution >= 4 is 16.8 Å². The summed E-state index contributed by atoms with van der Waals surface area (Å²) in [5, 5.41) is 4.20. The van der Waals surface area contributed by atoms with Crippen LogP contribution >= 0.6 is 0 Å². The Morgan fingerprint density at radius 3 is 2.90 bits per heavy atom. The van der Waals surface area contributed by atoms with Gasteiger partial charge in [0.2, 0.25) is 5.91 Å². The number of hydrogen-bond acceptors (Lipinski definition) is 2. The summed E-state index contributed by atoms with van der Waals surface area (Å²) >= 11 is 0. The summed E-state index contributed by atoms with van der Waals surface area (Å²) < 4.78 is 0. The lowest BCUT2D eigenvalue weighted by atomic mass is 10.1. The summed E-state index contributed by atoms with van der Waals surface area (Å²) in [6.07, 6.45) is 5.52. The summed E-state index contributed by atoms with van der Waals surface area (Å²) in [7, 11) is 0. The number of fused-ring (bicyclic) bond motifs is 1. The molecule has 0 saturated heterocycles. The molecule has 4 nitrogen and oxygen atoms in total. The molecule has 1 heterocycles. The normalized spacial score (nSPS) is 16.3. The number of aryl methyl sites for hydroxylation is 1. The summed E-state index contributed by atoms with van der Waals surface area (Å²) in [5.74, 6) is -0.00779. The topological polar surface area (TPSA) is 70.9 Å². The van der Waals surface area contributed by atoms with E-state index in [2.05, 4.69) is 35.4 Å². The van der Waals surface area contributed by atoms with Crippen LogP contribution in [0.25, 0.3) is 10.9 Å². The number of para-hydroxylation sites is 1. The van der Waals surface area contributed by atoms with E-state index in [1.165, 1.54) is 22.0 Å². The lowest BCUT2D eigenvalue weighted by Gasteiger charge is -2.09. The highest BCUT2D eigenvalue weighted by molar-refractivity contribution is 5.89. The highest BCUT2D eigenvalue weighted by Crippen LogP contribution is 2.32. The molecule has 4 N–H and O–H groups in total. The van der Waals surface area contributed by atoms with Gasteiger partial charge < -0.3 is 16.0 Å². The molecular weight excluding hydrogens is 250 g/mol. The molecule has 0 aliphatic heterocycles.